The zero-order valence-electron chi connectivity index (χ0n) is 16.5. The van der Waals surface area contributed by atoms with Gasteiger partial charge in [0.1, 0.15) is 0 Å². The van der Waals surface area contributed by atoms with Gasteiger partial charge < -0.3 is 10.0 Å². The largest absolute Gasteiger partial charge is 0.481 e. The average molecular weight is 381 g/mol. The lowest BCUT2D eigenvalue weighted by molar-refractivity contribution is -0.143. The number of likely N-dealkylation sites (tertiary alicyclic amines) is 1. The van der Waals surface area contributed by atoms with Crippen molar-refractivity contribution in [2.45, 2.75) is 58.4 Å². The van der Waals surface area contributed by atoms with E-state index >= 15 is 0 Å². The van der Waals surface area contributed by atoms with Crippen molar-refractivity contribution in [3.63, 3.8) is 0 Å². The van der Waals surface area contributed by atoms with Crippen molar-refractivity contribution in [1.82, 2.24) is 14.7 Å². The van der Waals surface area contributed by atoms with E-state index in [1.165, 1.54) is 5.56 Å². The first kappa shape index (κ1) is 18.7. The van der Waals surface area contributed by atoms with Crippen molar-refractivity contribution in [2.24, 2.45) is 5.92 Å². The molecule has 6 nitrogen and oxygen atoms in total. The number of benzene rings is 1. The van der Waals surface area contributed by atoms with Gasteiger partial charge in [-0.1, -0.05) is 19.1 Å². The monoisotopic (exact) mass is 381 g/mol. The van der Waals surface area contributed by atoms with Crippen LogP contribution in [0.2, 0.25) is 0 Å². The number of fused-ring (bicyclic) bond motifs is 1. The summed E-state index contributed by atoms with van der Waals surface area (Å²) in [5, 5.41) is 14.1. The molecular weight excluding hydrogens is 354 g/mol. The van der Waals surface area contributed by atoms with Gasteiger partial charge in [-0.2, -0.15) is 5.10 Å². The number of carboxylic acids is 1. The minimum Gasteiger partial charge on any atom is -0.481 e. The molecule has 6 heteroatoms. The molecule has 2 aliphatic rings. The van der Waals surface area contributed by atoms with Gasteiger partial charge in [0.25, 0.3) is 5.91 Å². The molecule has 2 aromatic rings. The number of piperidine rings is 1. The minimum absolute atomic E-state index is 0.0362. The molecule has 28 heavy (non-hydrogen) atoms. The first-order valence-electron chi connectivity index (χ1n) is 10.2. The molecule has 0 saturated carbocycles. The van der Waals surface area contributed by atoms with E-state index in [4.69, 9.17) is 5.10 Å². The number of aliphatic carboxylic acids is 1. The van der Waals surface area contributed by atoms with Crippen LogP contribution >= 0.6 is 0 Å². The van der Waals surface area contributed by atoms with Crippen LogP contribution in [0.1, 0.15) is 60.4 Å². The maximum absolute atomic E-state index is 13.3. The second-order valence-corrected chi connectivity index (χ2v) is 7.98. The molecule has 1 aliphatic carbocycles. The molecule has 1 aromatic carbocycles. The van der Waals surface area contributed by atoms with E-state index in [9.17, 15) is 14.7 Å². The Labute approximate surface area is 165 Å². The summed E-state index contributed by atoms with van der Waals surface area (Å²) in [4.78, 5) is 26.5. The summed E-state index contributed by atoms with van der Waals surface area (Å²) in [6.45, 7) is 4.39. The predicted octanol–water partition coefficient (Wildman–Crippen LogP) is 3.25. The van der Waals surface area contributed by atoms with E-state index in [0.717, 1.165) is 42.6 Å². The number of hydrogen-bond donors (Lipinski definition) is 1. The molecule has 2 unspecified atom stereocenters. The van der Waals surface area contributed by atoms with Crippen LogP contribution in [0.15, 0.2) is 24.3 Å². The summed E-state index contributed by atoms with van der Waals surface area (Å²) < 4.78 is 1.91. The fraction of sp³-hybridized carbons (Fsp3) is 0.500. The third-order valence-corrected chi connectivity index (χ3v) is 6.21. The van der Waals surface area contributed by atoms with Gasteiger partial charge in [-0.15, -0.1) is 0 Å². The van der Waals surface area contributed by atoms with E-state index in [0.29, 0.717) is 18.5 Å². The zero-order chi connectivity index (χ0) is 19.8. The number of carbonyl (C=O) groups excluding carboxylic acids is 1. The highest BCUT2D eigenvalue weighted by molar-refractivity contribution is 5.95. The van der Waals surface area contributed by atoms with E-state index in [1.807, 2.05) is 11.6 Å². The predicted molar refractivity (Wildman–Crippen MR) is 106 cm³/mol. The van der Waals surface area contributed by atoms with Crippen LogP contribution in [0.25, 0.3) is 5.69 Å². The topological polar surface area (TPSA) is 75.4 Å². The van der Waals surface area contributed by atoms with Crippen molar-refractivity contribution in [1.29, 1.82) is 0 Å². The SMILES string of the molecule is CCc1ccc(-n2nc(C(=O)N3CC(C(=O)O)CCC3C)c3c2CCC3)cc1. The van der Waals surface area contributed by atoms with Gasteiger partial charge in [0.05, 0.1) is 11.6 Å². The van der Waals surface area contributed by atoms with Crippen LogP contribution < -0.4 is 0 Å². The molecule has 0 radical (unpaired) electrons. The highest BCUT2D eigenvalue weighted by Gasteiger charge is 2.36. The van der Waals surface area contributed by atoms with Crippen LogP contribution in [0.4, 0.5) is 0 Å². The van der Waals surface area contributed by atoms with Crippen LogP contribution in [0.5, 0.6) is 0 Å². The number of aryl methyl sites for hydroxylation is 1. The lowest BCUT2D eigenvalue weighted by Crippen LogP contribution is -2.47. The molecule has 1 fully saturated rings. The molecule has 4 rings (SSSR count). The standard InChI is InChI=1S/C22H27N3O3/c1-3-15-8-11-17(12-9-15)25-19-6-4-5-18(19)20(23-25)21(26)24-13-16(22(27)28)10-7-14(24)2/h8-9,11-12,14,16H,3-7,10,13H2,1-2H3,(H,27,28). The first-order valence-corrected chi connectivity index (χ1v) is 10.2. The molecule has 1 N–H and O–H groups in total. The number of carbonyl (C=O) groups is 2. The van der Waals surface area contributed by atoms with Crippen molar-refractivity contribution >= 4 is 11.9 Å². The molecule has 1 aromatic heterocycles. The van der Waals surface area contributed by atoms with Crippen LogP contribution in [0, 0.1) is 5.92 Å². The Kier molecular flexibility index (Phi) is 4.96. The molecule has 1 amide bonds. The Morgan fingerprint density at radius 3 is 2.61 bits per heavy atom. The third kappa shape index (κ3) is 3.21. The van der Waals surface area contributed by atoms with Gasteiger partial charge in [-0.05, 0) is 63.1 Å². The lowest BCUT2D eigenvalue weighted by atomic mass is 9.93. The molecule has 2 atom stereocenters. The van der Waals surface area contributed by atoms with Gasteiger partial charge in [0.2, 0.25) is 0 Å². The summed E-state index contributed by atoms with van der Waals surface area (Å²) in [7, 11) is 0. The molecule has 0 spiro atoms. The summed E-state index contributed by atoms with van der Waals surface area (Å²) in [6, 6.07) is 8.36. The molecule has 2 heterocycles. The Balaban J connectivity index is 1.68. The highest BCUT2D eigenvalue weighted by atomic mass is 16.4. The summed E-state index contributed by atoms with van der Waals surface area (Å²) >= 11 is 0. The molecule has 0 bridgehead atoms. The number of aromatic nitrogens is 2. The number of rotatable bonds is 4. The Bertz CT molecular complexity index is 900. The van der Waals surface area contributed by atoms with Gasteiger partial charge in [0, 0.05) is 23.8 Å². The van der Waals surface area contributed by atoms with E-state index in [-0.39, 0.29) is 18.5 Å². The van der Waals surface area contributed by atoms with Gasteiger partial charge in [-0.25, -0.2) is 4.68 Å². The number of amides is 1. The number of carboxylic acid groups (broad SMARTS) is 1. The Hall–Kier alpha value is -2.63. The van der Waals surface area contributed by atoms with E-state index in [1.54, 1.807) is 4.90 Å². The van der Waals surface area contributed by atoms with Crippen LogP contribution in [-0.2, 0) is 24.1 Å². The highest BCUT2D eigenvalue weighted by Crippen LogP contribution is 2.31. The summed E-state index contributed by atoms with van der Waals surface area (Å²) in [5.74, 6) is -1.44. The van der Waals surface area contributed by atoms with Gasteiger partial charge >= 0.3 is 5.97 Å². The third-order valence-electron chi connectivity index (χ3n) is 6.21. The van der Waals surface area contributed by atoms with E-state index < -0.39 is 11.9 Å². The molecule has 1 aliphatic heterocycles. The maximum Gasteiger partial charge on any atom is 0.308 e. The van der Waals surface area contributed by atoms with Crippen LogP contribution in [-0.4, -0.2) is 44.3 Å². The first-order chi connectivity index (χ1) is 13.5. The normalized spacial score (nSPS) is 21.6. The molecular formula is C22H27N3O3. The second-order valence-electron chi connectivity index (χ2n) is 7.98. The zero-order valence-corrected chi connectivity index (χ0v) is 16.5. The van der Waals surface area contributed by atoms with Gasteiger partial charge in [-0.3, -0.25) is 9.59 Å². The minimum atomic E-state index is -0.823. The summed E-state index contributed by atoms with van der Waals surface area (Å²) in [5.41, 5.74) is 4.90. The van der Waals surface area contributed by atoms with Crippen molar-refractivity contribution in [3.8, 4) is 5.69 Å². The van der Waals surface area contributed by atoms with E-state index in [2.05, 4.69) is 31.2 Å². The van der Waals surface area contributed by atoms with Crippen molar-refractivity contribution in [2.75, 3.05) is 6.54 Å². The lowest BCUT2D eigenvalue weighted by Gasteiger charge is -2.36. The smallest absolute Gasteiger partial charge is 0.308 e. The fourth-order valence-corrected chi connectivity index (χ4v) is 4.42. The molecule has 148 valence electrons. The van der Waals surface area contributed by atoms with Crippen LogP contribution in [0.3, 0.4) is 0 Å². The average Bonchev–Trinajstić information content (AvgIpc) is 3.30. The van der Waals surface area contributed by atoms with Crippen molar-refractivity contribution < 1.29 is 14.7 Å². The Morgan fingerprint density at radius 2 is 1.93 bits per heavy atom. The molecule has 1 saturated heterocycles. The Morgan fingerprint density at radius 1 is 1.18 bits per heavy atom. The summed E-state index contributed by atoms with van der Waals surface area (Å²) in [6.07, 6.45) is 5.11. The fourth-order valence-electron chi connectivity index (χ4n) is 4.42. The number of nitrogens with zero attached hydrogens (tertiary/aromatic N) is 3. The number of hydrogen-bond acceptors (Lipinski definition) is 3. The van der Waals surface area contributed by atoms with Gasteiger partial charge in [0.15, 0.2) is 5.69 Å². The second kappa shape index (κ2) is 7.41. The maximum atomic E-state index is 13.3. The van der Waals surface area contributed by atoms with Crippen molar-refractivity contribution in [3.05, 3.63) is 46.8 Å². The quantitative estimate of drug-likeness (QED) is 0.882.